The Bertz CT molecular complexity index is 708. The molecule has 16 heteroatoms. The van der Waals surface area contributed by atoms with E-state index in [1.165, 1.54) is 6.08 Å². The van der Waals surface area contributed by atoms with E-state index in [2.05, 4.69) is 6.58 Å². The molecule has 0 radical (unpaired) electrons. The lowest BCUT2D eigenvalue weighted by Gasteiger charge is -2.48. The highest BCUT2D eigenvalue weighted by molar-refractivity contribution is 4.96. The van der Waals surface area contributed by atoms with E-state index in [0.717, 1.165) is 0 Å². The number of rotatable bonds is 10. The molecule has 16 nitrogen and oxygen atoms in total. The summed E-state index contributed by atoms with van der Waals surface area (Å²) in [7, 11) is 0. The standard InChI is InChI=1S/C21H36O16/c1-2-3-32-19-15(30)12(27)17(8(5-23)34-19)37-21-16(31)13(28)18(9(6-24)35-21)36-20-14(29)11(26)10(25)7(4-22)33-20/h2,7-31H,1,3-6H2/t7?,8?,9?,10-,11-,12+,13+,14?,15?,16?,17+,18-,19+,20+,21-/m0/s1. The second-order valence-corrected chi connectivity index (χ2v) is 8.93. The molecule has 37 heavy (non-hydrogen) atoms. The lowest BCUT2D eigenvalue weighted by Crippen LogP contribution is -2.66. The van der Waals surface area contributed by atoms with E-state index < -0.39 is 112 Å². The van der Waals surface area contributed by atoms with Gasteiger partial charge in [-0.05, 0) is 0 Å². The minimum absolute atomic E-state index is 0.0250. The SMILES string of the molecule is C=CCO[C@@H]1OC(CO)[C@@H](O[C@@H]2OC(CO)[C@H](O[C@H]3OC(CO)[C@H](O)[C@H](O)C3O)[C@H](O)C2O)[C@H](O)C1O. The molecule has 10 N–H and O–H groups in total. The van der Waals surface area contributed by atoms with Gasteiger partial charge in [-0.15, -0.1) is 6.58 Å². The first-order chi connectivity index (χ1) is 17.6. The third-order valence-electron chi connectivity index (χ3n) is 6.45. The van der Waals surface area contributed by atoms with Gasteiger partial charge in [0.15, 0.2) is 18.9 Å². The van der Waals surface area contributed by atoms with Crippen LogP contribution in [-0.4, -0.2) is 170 Å². The van der Waals surface area contributed by atoms with Crippen LogP contribution in [0, 0.1) is 0 Å². The van der Waals surface area contributed by atoms with Gasteiger partial charge in [0.25, 0.3) is 0 Å². The molecule has 216 valence electrons. The first-order valence-corrected chi connectivity index (χ1v) is 11.7. The van der Waals surface area contributed by atoms with E-state index in [-0.39, 0.29) is 6.61 Å². The Morgan fingerprint density at radius 3 is 1.41 bits per heavy atom. The van der Waals surface area contributed by atoms with Crippen molar-refractivity contribution in [1.29, 1.82) is 0 Å². The maximum Gasteiger partial charge on any atom is 0.187 e. The van der Waals surface area contributed by atoms with Crippen molar-refractivity contribution in [2.45, 2.75) is 92.1 Å². The van der Waals surface area contributed by atoms with Crippen molar-refractivity contribution in [2.24, 2.45) is 0 Å². The van der Waals surface area contributed by atoms with Crippen LogP contribution in [0.25, 0.3) is 0 Å². The van der Waals surface area contributed by atoms with Gasteiger partial charge in [0.05, 0.1) is 26.4 Å². The van der Waals surface area contributed by atoms with Crippen molar-refractivity contribution in [1.82, 2.24) is 0 Å². The molecule has 3 saturated heterocycles. The van der Waals surface area contributed by atoms with Gasteiger partial charge in [0.2, 0.25) is 0 Å². The summed E-state index contributed by atoms with van der Waals surface area (Å²) in [5.74, 6) is 0. The lowest BCUT2D eigenvalue weighted by atomic mass is 9.96. The lowest BCUT2D eigenvalue weighted by molar-refractivity contribution is -0.379. The van der Waals surface area contributed by atoms with Crippen LogP contribution in [0.5, 0.6) is 0 Å². The molecule has 15 atom stereocenters. The number of hydrogen-bond acceptors (Lipinski definition) is 16. The molecule has 0 aliphatic carbocycles. The van der Waals surface area contributed by atoms with Gasteiger partial charge in [-0.2, -0.15) is 0 Å². The predicted octanol–water partition coefficient (Wildman–Crippen LogP) is -6.36. The third kappa shape index (κ3) is 6.47. The fourth-order valence-corrected chi connectivity index (χ4v) is 4.34. The normalized spacial score (nSPS) is 49.1. The van der Waals surface area contributed by atoms with Crippen molar-refractivity contribution in [2.75, 3.05) is 26.4 Å². The van der Waals surface area contributed by atoms with Crippen molar-refractivity contribution in [3.8, 4) is 0 Å². The van der Waals surface area contributed by atoms with E-state index in [0.29, 0.717) is 0 Å². The fourth-order valence-electron chi connectivity index (χ4n) is 4.34. The summed E-state index contributed by atoms with van der Waals surface area (Å²) in [5, 5.41) is 101. The van der Waals surface area contributed by atoms with E-state index >= 15 is 0 Å². The number of ether oxygens (including phenoxy) is 6. The third-order valence-corrected chi connectivity index (χ3v) is 6.45. The first-order valence-electron chi connectivity index (χ1n) is 11.7. The molecule has 0 bridgehead atoms. The molecule has 3 fully saturated rings. The summed E-state index contributed by atoms with van der Waals surface area (Å²) >= 11 is 0. The minimum atomic E-state index is -1.89. The molecule has 0 aromatic carbocycles. The van der Waals surface area contributed by atoms with Gasteiger partial charge in [0.1, 0.15) is 73.2 Å². The highest BCUT2D eigenvalue weighted by Gasteiger charge is 2.53. The molecular formula is C21H36O16. The molecule has 6 unspecified atom stereocenters. The maximum atomic E-state index is 10.7. The molecular weight excluding hydrogens is 508 g/mol. The molecule has 3 heterocycles. The molecule has 0 amide bonds. The van der Waals surface area contributed by atoms with Gasteiger partial charge < -0.3 is 79.5 Å². The maximum absolute atomic E-state index is 10.7. The van der Waals surface area contributed by atoms with Crippen LogP contribution < -0.4 is 0 Å². The number of hydrogen-bond donors (Lipinski definition) is 10. The Morgan fingerprint density at radius 2 is 0.946 bits per heavy atom. The topological polar surface area (TPSA) is 258 Å². The summed E-state index contributed by atoms with van der Waals surface area (Å²) < 4.78 is 32.4. The Hall–Kier alpha value is -0.900. The van der Waals surface area contributed by atoms with E-state index in [1.807, 2.05) is 0 Å². The highest BCUT2D eigenvalue weighted by Crippen LogP contribution is 2.32. The van der Waals surface area contributed by atoms with Gasteiger partial charge in [0, 0.05) is 0 Å². The predicted molar refractivity (Wildman–Crippen MR) is 115 cm³/mol. The minimum Gasteiger partial charge on any atom is -0.394 e. The summed E-state index contributed by atoms with van der Waals surface area (Å²) in [6.45, 7) is 1.20. The van der Waals surface area contributed by atoms with Crippen molar-refractivity contribution in [3.05, 3.63) is 12.7 Å². The summed E-state index contributed by atoms with van der Waals surface area (Å²) in [5.41, 5.74) is 0. The Balaban J connectivity index is 1.70. The van der Waals surface area contributed by atoms with E-state index in [1.54, 1.807) is 0 Å². The molecule has 0 aromatic rings. The average molecular weight is 545 g/mol. The van der Waals surface area contributed by atoms with Crippen LogP contribution in [0.1, 0.15) is 0 Å². The van der Waals surface area contributed by atoms with Gasteiger partial charge in [-0.3, -0.25) is 0 Å². The smallest absolute Gasteiger partial charge is 0.187 e. The molecule has 0 spiro atoms. The monoisotopic (exact) mass is 544 g/mol. The number of aliphatic hydroxyl groups excluding tert-OH is 10. The Labute approximate surface area is 211 Å². The largest absolute Gasteiger partial charge is 0.394 e. The number of aliphatic hydroxyl groups is 10. The van der Waals surface area contributed by atoms with Crippen LogP contribution >= 0.6 is 0 Å². The van der Waals surface area contributed by atoms with Crippen molar-refractivity contribution >= 4 is 0 Å². The molecule has 3 rings (SSSR count). The quantitative estimate of drug-likeness (QED) is 0.115. The zero-order valence-electron chi connectivity index (χ0n) is 19.7. The van der Waals surface area contributed by atoms with Crippen LogP contribution in [0.3, 0.4) is 0 Å². The zero-order chi connectivity index (χ0) is 27.4. The van der Waals surface area contributed by atoms with Crippen molar-refractivity contribution in [3.63, 3.8) is 0 Å². The Kier molecular flexibility index (Phi) is 11.1. The van der Waals surface area contributed by atoms with Gasteiger partial charge >= 0.3 is 0 Å². The molecule has 0 aromatic heterocycles. The van der Waals surface area contributed by atoms with Crippen LogP contribution in [0.15, 0.2) is 12.7 Å². The molecule has 3 aliphatic rings. The summed E-state index contributed by atoms with van der Waals surface area (Å²) in [4.78, 5) is 0. The second kappa shape index (κ2) is 13.4. The van der Waals surface area contributed by atoms with Gasteiger partial charge in [-0.1, -0.05) is 6.08 Å². The zero-order valence-corrected chi connectivity index (χ0v) is 19.7. The molecule has 3 aliphatic heterocycles. The van der Waals surface area contributed by atoms with E-state index in [9.17, 15) is 51.1 Å². The van der Waals surface area contributed by atoms with Crippen LogP contribution in [-0.2, 0) is 28.4 Å². The summed E-state index contributed by atoms with van der Waals surface area (Å²) in [6, 6.07) is 0. The van der Waals surface area contributed by atoms with Gasteiger partial charge in [-0.25, -0.2) is 0 Å². The Morgan fingerprint density at radius 1 is 0.541 bits per heavy atom. The first kappa shape index (κ1) is 30.6. The molecule has 0 saturated carbocycles. The fraction of sp³-hybridized carbons (Fsp3) is 0.905. The summed E-state index contributed by atoms with van der Waals surface area (Å²) in [6.07, 6.45) is -22.7. The van der Waals surface area contributed by atoms with E-state index in [4.69, 9.17) is 28.4 Å². The van der Waals surface area contributed by atoms with Crippen LogP contribution in [0.2, 0.25) is 0 Å². The van der Waals surface area contributed by atoms with Crippen LogP contribution in [0.4, 0.5) is 0 Å². The van der Waals surface area contributed by atoms with Crippen molar-refractivity contribution < 1.29 is 79.5 Å². The highest BCUT2D eigenvalue weighted by atomic mass is 16.8. The average Bonchev–Trinajstić information content (AvgIpc) is 2.90. The second-order valence-electron chi connectivity index (χ2n) is 8.93.